The van der Waals surface area contributed by atoms with Crippen molar-refractivity contribution in [3.8, 4) is 5.69 Å². The summed E-state index contributed by atoms with van der Waals surface area (Å²) in [4.78, 5) is 33.9. The molecule has 2 aromatic carbocycles. The molecule has 3 aromatic rings. The summed E-state index contributed by atoms with van der Waals surface area (Å²) >= 11 is 7.38. The zero-order valence-corrected chi connectivity index (χ0v) is 18.7. The number of nitro groups is 1. The van der Waals surface area contributed by atoms with Gasteiger partial charge in [0.1, 0.15) is 5.82 Å². The zero-order valence-electron chi connectivity index (χ0n) is 17.2. The molecule has 1 heterocycles. The second-order valence-corrected chi connectivity index (χ2v) is 8.20. The summed E-state index contributed by atoms with van der Waals surface area (Å²) in [5.41, 5.74) is 1.08. The van der Waals surface area contributed by atoms with E-state index in [2.05, 4.69) is 15.5 Å². The van der Waals surface area contributed by atoms with Crippen molar-refractivity contribution in [2.45, 2.75) is 24.9 Å². The number of rotatable bonds is 10. The SMILES string of the molecule is CC(=O)NCCCc1nnc(SCC(=O)c2ccc([N+](=O)[O-])cc2)n1-c1cccc(Cl)c1. The number of benzene rings is 2. The molecule has 1 aromatic heterocycles. The highest BCUT2D eigenvalue weighted by Gasteiger charge is 2.17. The highest BCUT2D eigenvalue weighted by atomic mass is 35.5. The Balaban J connectivity index is 1.77. The average molecular weight is 474 g/mol. The maximum Gasteiger partial charge on any atom is 0.269 e. The molecule has 0 saturated carbocycles. The van der Waals surface area contributed by atoms with Gasteiger partial charge in [-0.2, -0.15) is 0 Å². The van der Waals surface area contributed by atoms with Crippen LogP contribution in [-0.2, 0) is 11.2 Å². The number of nitrogens with one attached hydrogen (secondary N) is 1. The smallest absolute Gasteiger partial charge is 0.269 e. The molecule has 3 rings (SSSR count). The van der Waals surface area contributed by atoms with E-state index in [9.17, 15) is 19.7 Å². The molecule has 11 heteroatoms. The number of Topliss-reactive ketones (excluding diaryl/α,β-unsaturated/α-hetero) is 1. The van der Waals surface area contributed by atoms with Crippen molar-refractivity contribution in [1.82, 2.24) is 20.1 Å². The van der Waals surface area contributed by atoms with E-state index in [-0.39, 0.29) is 23.1 Å². The van der Waals surface area contributed by atoms with Crippen LogP contribution in [0, 0.1) is 10.1 Å². The maximum atomic E-state index is 12.6. The van der Waals surface area contributed by atoms with Crippen LogP contribution in [0.5, 0.6) is 0 Å². The van der Waals surface area contributed by atoms with Crippen molar-refractivity contribution in [2.75, 3.05) is 12.3 Å². The summed E-state index contributed by atoms with van der Waals surface area (Å²) in [5, 5.41) is 23.1. The highest BCUT2D eigenvalue weighted by Crippen LogP contribution is 2.25. The summed E-state index contributed by atoms with van der Waals surface area (Å²) in [6, 6.07) is 12.7. The quantitative estimate of drug-likeness (QED) is 0.156. The van der Waals surface area contributed by atoms with Crippen molar-refractivity contribution in [3.63, 3.8) is 0 Å². The first-order valence-electron chi connectivity index (χ1n) is 9.70. The van der Waals surface area contributed by atoms with Gasteiger partial charge in [-0.3, -0.25) is 24.3 Å². The Morgan fingerprint density at radius 3 is 2.59 bits per heavy atom. The van der Waals surface area contributed by atoms with Crippen molar-refractivity contribution < 1.29 is 14.5 Å². The lowest BCUT2D eigenvalue weighted by molar-refractivity contribution is -0.384. The van der Waals surface area contributed by atoms with Crippen LogP contribution in [0.3, 0.4) is 0 Å². The Morgan fingerprint density at radius 2 is 1.94 bits per heavy atom. The number of non-ortho nitro benzene ring substituents is 1. The topological polar surface area (TPSA) is 120 Å². The standard InChI is InChI=1S/C21H20ClN5O4S/c1-14(28)23-11-3-6-20-24-25-21(26(20)18-5-2-4-16(22)12-18)32-13-19(29)15-7-9-17(10-8-15)27(30)31/h2,4-5,7-10,12H,3,6,11,13H2,1H3,(H,23,28). The fraction of sp³-hybridized carbons (Fsp3) is 0.238. The first-order chi connectivity index (χ1) is 15.3. The second-order valence-electron chi connectivity index (χ2n) is 6.82. The van der Waals surface area contributed by atoms with Crippen LogP contribution in [0.4, 0.5) is 5.69 Å². The molecule has 0 bridgehead atoms. The largest absolute Gasteiger partial charge is 0.356 e. The molecule has 0 unspecified atom stereocenters. The summed E-state index contributed by atoms with van der Waals surface area (Å²) in [6.07, 6.45) is 1.24. The lowest BCUT2D eigenvalue weighted by Crippen LogP contribution is -2.21. The Hall–Kier alpha value is -3.24. The Kier molecular flexibility index (Phi) is 7.96. The molecule has 0 saturated heterocycles. The number of thioether (sulfide) groups is 1. The van der Waals surface area contributed by atoms with Crippen LogP contribution in [0.1, 0.15) is 29.5 Å². The zero-order chi connectivity index (χ0) is 23.1. The molecule has 32 heavy (non-hydrogen) atoms. The van der Waals surface area contributed by atoms with Crippen LogP contribution in [0.25, 0.3) is 5.69 Å². The third kappa shape index (κ3) is 6.14. The van der Waals surface area contributed by atoms with Crippen LogP contribution in [0.2, 0.25) is 5.02 Å². The molecule has 0 aliphatic rings. The molecule has 0 fully saturated rings. The summed E-state index contributed by atoms with van der Waals surface area (Å²) in [7, 11) is 0. The van der Waals surface area contributed by atoms with E-state index in [1.807, 2.05) is 16.7 Å². The monoisotopic (exact) mass is 473 g/mol. The highest BCUT2D eigenvalue weighted by molar-refractivity contribution is 7.99. The van der Waals surface area contributed by atoms with E-state index in [0.717, 1.165) is 5.69 Å². The fourth-order valence-electron chi connectivity index (χ4n) is 2.92. The van der Waals surface area contributed by atoms with E-state index in [1.165, 1.54) is 43.0 Å². The minimum atomic E-state index is -0.510. The number of hydrogen-bond acceptors (Lipinski definition) is 7. The molecule has 1 amide bonds. The summed E-state index contributed by atoms with van der Waals surface area (Å²) < 4.78 is 1.84. The lowest BCUT2D eigenvalue weighted by Gasteiger charge is -2.11. The Bertz CT molecular complexity index is 1130. The van der Waals surface area contributed by atoms with E-state index < -0.39 is 4.92 Å². The van der Waals surface area contributed by atoms with Crippen LogP contribution >= 0.6 is 23.4 Å². The first-order valence-corrected chi connectivity index (χ1v) is 11.1. The van der Waals surface area contributed by atoms with E-state index >= 15 is 0 Å². The molecule has 0 aliphatic carbocycles. The normalized spacial score (nSPS) is 10.7. The van der Waals surface area contributed by atoms with Crippen molar-refractivity contribution >= 4 is 40.7 Å². The molecule has 0 radical (unpaired) electrons. The molecule has 0 aliphatic heterocycles. The van der Waals surface area contributed by atoms with E-state index in [1.54, 1.807) is 12.1 Å². The number of nitrogens with zero attached hydrogens (tertiary/aromatic N) is 4. The fourth-order valence-corrected chi connectivity index (χ4v) is 3.97. The van der Waals surface area contributed by atoms with Crippen LogP contribution in [0.15, 0.2) is 53.7 Å². The van der Waals surface area contributed by atoms with Gasteiger partial charge in [-0.05, 0) is 36.8 Å². The van der Waals surface area contributed by atoms with Gasteiger partial charge in [-0.15, -0.1) is 10.2 Å². The van der Waals surface area contributed by atoms with Crippen molar-refractivity contribution in [2.24, 2.45) is 0 Å². The number of aromatic nitrogens is 3. The first kappa shape index (κ1) is 23.4. The van der Waals surface area contributed by atoms with Crippen molar-refractivity contribution in [3.05, 3.63) is 75.1 Å². The second kappa shape index (κ2) is 10.9. The lowest BCUT2D eigenvalue weighted by atomic mass is 10.1. The summed E-state index contributed by atoms with van der Waals surface area (Å²) in [6.45, 7) is 1.98. The number of amides is 1. The van der Waals surface area contributed by atoms with E-state index in [4.69, 9.17) is 11.6 Å². The van der Waals surface area contributed by atoms with Gasteiger partial charge in [0.05, 0.1) is 16.4 Å². The van der Waals surface area contributed by atoms with Gasteiger partial charge in [0.2, 0.25) is 5.91 Å². The van der Waals surface area contributed by atoms with Gasteiger partial charge in [0, 0.05) is 42.6 Å². The maximum absolute atomic E-state index is 12.6. The molecule has 0 spiro atoms. The van der Waals surface area contributed by atoms with Gasteiger partial charge in [0.25, 0.3) is 5.69 Å². The molecule has 1 N–H and O–H groups in total. The number of carbonyl (C=O) groups excluding carboxylic acids is 2. The number of nitro benzene ring substituents is 1. The third-order valence-electron chi connectivity index (χ3n) is 4.45. The number of halogens is 1. The predicted molar refractivity (Wildman–Crippen MR) is 122 cm³/mol. The molecule has 9 nitrogen and oxygen atoms in total. The van der Waals surface area contributed by atoms with Gasteiger partial charge in [-0.25, -0.2) is 0 Å². The van der Waals surface area contributed by atoms with Gasteiger partial charge >= 0.3 is 0 Å². The molecule has 166 valence electrons. The van der Waals surface area contributed by atoms with Crippen LogP contribution in [-0.4, -0.2) is 43.7 Å². The van der Waals surface area contributed by atoms with Gasteiger partial charge in [0.15, 0.2) is 10.9 Å². The summed E-state index contributed by atoms with van der Waals surface area (Å²) in [5.74, 6) is 0.491. The Labute approximate surface area is 193 Å². The van der Waals surface area contributed by atoms with E-state index in [0.29, 0.717) is 41.0 Å². The Morgan fingerprint density at radius 1 is 1.19 bits per heavy atom. The minimum absolute atomic E-state index is 0.0705. The van der Waals surface area contributed by atoms with Crippen LogP contribution < -0.4 is 5.32 Å². The molecular formula is C21H20ClN5O4S. The van der Waals surface area contributed by atoms with Gasteiger partial charge < -0.3 is 5.32 Å². The number of ketones is 1. The minimum Gasteiger partial charge on any atom is -0.356 e. The number of aryl methyl sites for hydroxylation is 1. The molecule has 0 atom stereocenters. The number of hydrogen-bond donors (Lipinski definition) is 1. The molecular weight excluding hydrogens is 454 g/mol. The van der Waals surface area contributed by atoms with Gasteiger partial charge in [-0.1, -0.05) is 29.4 Å². The number of carbonyl (C=O) groups is 2. The third-order valence-corrected chi connectivity index (χ3v) is 5.61. The van der Waals surface area contributed by atoms with Crippen molar-refractivity contribution in [1.29, 1.82) is 0 Å². The predicted octanol–water partition coefficient (Wildman–Crippen LogP) is 3.87. The average Bonchev–Trinajstić information content (AvgIpc) is 3.17.